The Morgan fingerprint density at radius 3 is 1.50 bits per heavy atom. The van der Waals surface area contributed by atoms with Gasteiger partial charge in [-0.3, -0.25) is 0 Å². The molecule has 0 aliphatic heterocycles. The molecule has 0 heterocycles. The first-order chi connectivity index (χ1) is 1.73. The van der Waals surface area contributed by atoms with Gasteiger partial charge in [0.2, 0.25) is 0 Å². The van der Waals surface area contributed by atoms with E-state index < -0.39 is 5.11 Å². The molecule has 0 bridgehead atoms. The highest BCUT2D eigenvalue weighted by Gasteiger charge is 1.67. The van der Waals surface area contributed by atoms with Crippen molar-refractivity contribution in [1.82, 2.24) is 11.5 Å². The molecule has 2 nitrogen and oxygen atoms in total. The summed E-state index contributed by atoms with van der Waals surface area (Å²) in [6.07, 6.45) is 0. The Hall–Kier alpha value is -0.310. The second kappa shape index (κ2) is 1.06. The molecule has 3 heteroatoms. The molecular formula is CN2S. The lowest BCUT2D eigenvalue weighted by atomic mass is 11.3. The molecule has 0 rings (SSSR count). The lowest BCUT2D eigenvalue weighted by Gasteiger charge is -1.51. The van der Waals surface area contributed by atoms with E-state index in [1.807, 2.05) is 0 Å². The van der Waals surface area contributed by atoms with Crippen LogP contribution in [0.5, 0.6) is 0 Å². The summed E-state index contributed by atoms with van der Waals surface area (Å²) in [5, 5.41) is -1.000. The van der Waals surface area contributed by atoms with Crippen LogP contribution in [0.15, 0.2) is 0 Å². The van der Waals surface area contributed by atoms with Gasteiger partial charge in [-0.15, -0.1) is 11.5 Å². The number of thiocarbonyl (C=S) groups is 1. The van der Waals surface area contributed by atoms with Gasteiger partial charge in [-0.2, -0.15) is 0 Å². The smallest absolute Gasteiger partial charge is 0.113 e. The van der Waals surface area contributed by atoms with E-state index >= 15 is 0 Å². The molecule has 0 aromatic heterocycles. The summed E-state index contributed by atoms with van der Waals surface area (Å²) < 4.78 is 0. The van der Waals surface area contributed by atoms with Crippen LogP contribution in [-0.4, -0.2) is 5.11 Å². The molecule has 0 amide bonds. The monoisotopic (exact) mass is 72.0 g/mol. The van der Waals surface area contributed by atoms with Crippen LogP contribution >= 0.6 is 12.2 Å². The van der Waals surface area contributed by atoms with Crippen LogP contribution in [0.1, 0.15) is 0 Å². The molecule has 0 N–H and O–H groups in total. The second-order valence-corrected chi connectivity index (χ2v) is 0.648. The Morgan fingerprint density at radius 1 is 1.50 bits per heavy atom. The van der Waals surface area contributed by atoms with Crippen molar-refractivity contribution in [2.75, 3.05) is 0 Å². The fraction of sp³-hybridized carbons (Fsp3) is 0. The summed E-state index contributed by atoms with van der Waals surface area (Å²) in [5.41, 5.74) is 14.7. The second-order valence-electron chi connectivity index (χ2n) is 0.283. The first kappa shape index (κ1) is 3.69. The van der Waals surface area contributed by atoms with E-state index in [0.717, 1.165) is 0 Å². The molecule has 0 fully saturated rings. The average molecular weight is 72.1 g/mol. The molecule has 0 aromatic carbocycles. The summed E-state index contributed by atoms with van der Waals surface area (Å²) in [6, 6.07) is 0. The zero-order chi connectivity index (χ0) is 3.58. The van der Waals surface area contributed by atoms with Gasteiger partial charge in [-0.1, -0.05) is 0 Å². The predicted molar refractivity (Wildman–Crippen MR) is 16.9 cm³/mol. The van der Waals surface area contributed by atoms with Crippen LogP contribution in [0.4, 0.5) is 0 Å². The van der Waals surface area contributed by atoms with Crippen molar-refractivity contribution < 1.29 is 0 Å². The minimum Gasteiger partial charge on any atom is -0.113 e. The van der Waals surface area contributed by atoms with E-state index in [1.54, 1.807) is 0 Å². The molecular weight excluding hydrogens is 72.1 g/mol. The summed E-state index contributed by atoms with van der Waals surface area (Å²) in [6.45, 7) is 0. The summed E-state index contributed by atoms with van der Waals surface area (Å²) >= 11 is 3.65. The summed E-state index contributed by atoms with van der Waals surface area (Å²) in [7, 11) is 0. The van der Waals surface area contributed by atoms with Gasteiger partial charge >= 0.3 is 0 Å². The maximum absolute atomic E-state index is 7.34. The third-order valence-corrected chi connectivity index (χ3v) is 0. The zero-order valence-electron chi connectivity index (χ0n) is 1.80. The van der Waals surface area contributed by atoms with Crippen LogP contribution in [0.25, 0.3) is 0 Å². The molecule has 20 valence electrons. The molecule has 0 saturated heterocycles. The Kier molecular flexibility index (Phi) is 0.979. The van der Waals surface area contributed by atoms with Gasteiger partial charge < -0.3 is 0 Å². The standard InChI is InChI=1S/CN2S/c2-1(3)4. The van der Waals surface area contributed by atoms with E-state index in [-0.39, 0.29) is 0 Å². The lowest BCUT2D eigenvalue weighted by Crippen LogP contribution is -1.89. The fourth-order valence-electron chi connectivity index (χ4n) is 0. The van der Waals surface area contributed by atoms with E-state index in [9.17, 15) is 0 Å². The largest absolute Gasteiger partial charge is 0.260 e. The SMILES string of the molecule is [N]C([N])=S. The number of hydrogen-bond acceptors (Lipinski definition) is 1. The van der Waals surface area contributed by atoms with E-state index in [2.05, 4.69) is 12.2 Å². The van der Waals surface area contributed by atoms with Crippen LogP contribution in [0.2, 0.25) is 0 Å². The average Bonchev–Trinajstić information content (AvgIpc) is 0.811. The topological polar surface area (TPSA) is 44.6 Å². The van der Waals surface area contributed by atoms with Crippen molar-refractivity contribution >= 4 is 17.3 Å². The normalized spacial score (nSPS) is 6.00. The molecule has 0 spiro atoms. The number of hydrogen-bond donors (Lipinski definition) is 0. The highest BCUT2D eigenvalue weighted by molar-refractivity contribution is 7.80. The van der Waals surface area contributed by atoms with E-state index in [1.165, 1.54) is 0 Å². The molecule has 4 heavy (non-hydrogen) atoms. The number of nitrogens with zero attached hydrogens (tertiary/aromatic N) is 2. The van der Waals surface area contributed by atoms with Gasteiger partial charge in [0.25, 0.3) is 5.11 Å². The quantitative estimate of drug-likeness (QED) is 0.353. The molecule has 0 atom stereocenters. The highest BCUT2D eigenvalue weighted by Crippen LogP contribution is 1.42. The minimum atomic E-state index is -1.000. The molecule has 0 aliphatic rings. The maximum atomic E-state index is 7.34. The first-order valence-corrected chi connectivity index (χ1v) is 1.06. The summed E-state index contributed by atoms with van der Waals surface area (Å²) in [4.78, 5) is 0. The van der Waals surface area contributed by atoms with Gasteiger partial charge in [0, 0.05) is 0 Å². The van der Waals surface area contributed by atoms with Crippen molar-refractivity contribution in [2.24, 2.45) is 0 Å². The molecule has 0 unspecified atom stereocenters. The predicted octanol–water partition coefficient (Wildman–Crippen LogP) is -0.591. The van der Waals surface area contributed by atoms with Crippen molar-refractivity contribution in [3.63, 3.8) is 0 Å². The molecule has 0 saturated carbocycles. The van der Waals surface area contributed by atoms with Gasteiger partial charge in [0.1, 0.15) is 0 Å². The Bertz CT molecular complexity index is 29.0. The van der Waals surface area contributed by atoms with E-state index in [0.29, 0.717) is 0 Å². The van der Waals surface area contributed by atoms with Crippen LogP contribution < -0.4 is 11.5 Å². The summed E-state index contributed by atoms with van der Waals surface area (Å²) in [5.74, 6) is 0. The van der Waals surface area contributed by atoms with Gasteiger partial charge in [0.15, 0.2) is 0 Å². The third kappa shape index (κ3) is 8.37. The van der Waals surface area contributed by atoms with Crippen molar-refractivity contribution in [3.8, 4) is 0 Å². The number of rotatable bonds is 0. The third-order valence-electron chi connectivity index (χ3n) is 0. The maximum Gasteiger partial charge on any atom is 0.260 e. The van der Waals surface area contributed by atoms with Gasteiger partial charge in [-0.05, 0) is 12.2 Å². The fourth-order valence-corrected chi connectivity index (χ4v) is 0. The first-order valence-electron chi connectivity index (χ1n) is 0.651. The van der Waals surface area contributed by atoms with Crippen LogP contribution in [0.3, 0.4) is 0 Å². The molecule has 4 radical (unpaired) electrons. The minimum absolute atomic E-state index is 1.000. The van der Waals surface area contributed by atoms with Crippen molar-refractivity contribution in [3.05, 3.63) is 0 Å². The lowest BCUT2D eigenvalue weighted by molar-refractivity contribution is 1.54. The van der Waals surface area contributed by atoms with Gasteiger partial charge in [0.05, 0.1) is 0 Å². The highest BCUT2D eigenvalue weighted by atomic mass is 32.1. The van der Waals surface area contributed by atoms with Gasteiger partial charge in [-0.25, -0.2) is 0 Å². The zero-order valence-corrected chi connectivity index (χ0v) is 2.62. The Morgan fingerprint density at radius 2 is 1.50 bits per heavy atom. The van der Waals surface area contributed by atoms with Crippen molar-refractivity contribution in [2.45, 2.75) is 0 Å². The molecule has 0 aromatic rings. The Labute approximate surface area is 29.8 Å². The van der Waals surface area contributed by atoms with E-state index in [4.69, 9.17) is 11.5 Å². The Balaban J connectivity index is 2.80. The van der Waals surface area contributed by atoms with Crippen LogP contribution in [0, 0.1) is 0 Å². The van der Waals surface area contributed by atoms with Crippen LogP contribution in [-0.2, 0) is 0 Å². The van der Waals surface area contributed by atoms with Crippen molar-refractivity contribution in [1.29, 1.82) is 0 Å². The molecule has 0 aliphatic carbocycles.